The molecule has 0 bridgehead atoms. The van der Waals surface area contributed by atoms with Gasteiger partial charge in [-0.3, -0.25) is 19.2 Å². The molecule has 5 unspecified atom stereocenters. The van der Waals surface area contributed by atoms with Gasteiger partial charge in [0.15, 0.2) is 0 Å². The van der Waals surface area contributed by atoms with Crippen molar-refractivity contribution in [2.75, 3.05) is 19.8 Å². The molecule has 0 aliphatic carbocycles. The Kier molecular flexibility index (Phi) is 9.58. The van der Waals surface area contributed by atoms with E-state index in [1.54, 1.807) is 6.92 Å². The molecule has 2 fully saturated rings. The van der Waals surface area contributed by atoms with E-state index in [0.29, 0.717) is 6.42 Å². The van der Waals surface area contributed by atoms with Crippen molar-refractivity contribution in [1.82, 2.24) is 0 Å². The maximum Gasteiger partial charge on any atom is 0.309 e. The van der Waals surface area contributed by atoms with Gasteiger partial charge in [0.25, 0.3) is 0 Å². The summed E-state index contributed by atoms with van der Waals surface area (Å²) < 4.78 is 21.4. The molecule has 12 heteroatoms. The Balaban J connectivity index is 1.64. The molecule has 2 heterocycles. The predicted molar refractivity (Wildman–Crippen MR) is 108 cm³/mol. The molecule has 2 saturated heterocycles. The van der Waals surface area contributed by atoms with Crippen molar-refractivity contribution >= 4 is 23.9 Å². The van der Waals surface area contributed by atoms with Crippen molar-refractivity contribution in [2.45, 2.75) is 87.8 Å². The fourth-order valence-electron chi connectivity index (χ4n) is 4.13. The lowest BCUT2D eigenvalue weighted by atomic mass is 9.86. The SMILES string of the molecule is CC(COCCC1CC(O)(CC(=O)O)CC(=O)O1)OCCC1CC(O)(CC(=O)O)CC(=O)O1. The standard InChI is InChI=1S/C21H32O12/c1-13(31-5-3-15-7-21(29,9-17(24)25)11-19(27)33-15)12-30-4-2-14-6-20(28,8-16(22)23)10-18(26)32-14/h13-15,28-29H,2-12H2,1H3,(H,22,23)(H,24,25). The molecular formula is C21H32O12. The lowest BCUT2D eigenvalue weighted by Crippen LogP contribution is -2.45. The van der Waals surface area contributed by atoms with E-state index < -0.39 is 60.1 Å². The summed E-state index contributed by atoms with van der Waals surface area (Å²) in [6.45, 7) is 2.39. The first-order chi connectivity index (χ1) is 15.4. The number of cyclic esters (lactones) is 2. The number of carbonyl (C=O) groups is 4. The van der Waals surface area contributed by atoms with E-state index in [9.17, 15) is 29.4 Å². The second kappa shape index (κ2) is 11.7. The molecule has 4 N–H and O–H groups in total. The summed E-state index contributed by atoms with van der Waals surface area (Å²) in [6.07, 6.45) is -2.76. The van der Waals surface area contributed by atoms with Crippen LogP contribution in [-0.2, 0) is 38.1 Å². The fourth-order valence-corrected chi connectivity index (χ4v) is 4.13. The zero-order chi connectivity index (χ0) is 24.6. The number of aliphatic hydroxyl groups is 2. The van der Waals surface area contributed by atoms with Gasteiger partial charge in [0.05, 0.1) is 62.8 Å². The Hall–Kier alpha value is -2.28. The third-order valence-corrected chi connectivity index (χ3v) is 5.50. The average molecular weight is 476 g/mol. The molecular weight excluding hydrogens is 444 g/mol. The summed E-state index contributed by atoms with van der Waals surface area (Å²) in [5, 5.41) is 38.4. The highest BCUT2D eigenvalue weighted by Crippen LogP contribution is 2.31. The third kappa shape index (κ3) is 9.62. The lowest BCUT2D eigenvalue weighted by molar-refractivity contribution is -0.177. The molecule has 12 nitrogen and oxygen atoms in total. The van der Waals surface area contributed by atoms with E-state index in [1.807, 2.05) is 0 Å². The number of aliphatic carboxylic acids is 2. The van der Waals surface area contributed by atoms with Crippen LogP contribution in [0.1, 0.15) is 58.3 Å². The van der Waals surface area contributed by atoms with Gasteiger partial charge in [0.1, 0.15) is 12.2 Å². The molecule has 0 saturated carbocycles. The summed E-state index contributed by atoms with van der Waals surface area (Å²) >= 11 is 0. The van der Waals surface area contributed by atoms with Crippen LogP contribution in [0.15, 0.2) is 0 Å². The van der Waals surface area contributed by atoms with Gasteiger partial charge in [-0.2, -0.15) is 0 Å². The molecule has 2 aliphatic heterocycles. The van der Waals surface area contributed by atoms with E-state index in [2.05, 4.69) is 0 Å². The molecule has 0 aromatic heterocycles. The maximum absolute atomic E-state index is 11.7. The third-order valence-electron chi connectivity index (χ3n) is 5.50. The first-order valence-electron chi connectivity index (χ1n) is 10.8. The Labute approximate surface area is 190 Å². The van der Waals surface area contributed by atoms with Crippen LogP contribution in [-0.4, -0.2) is 93.6 Å². The largest absolute Gasteiger partial charge is 0.481 e. The van der Waals surface area contributed by atoms with Gasteiger partial charge >= 0.3 is 23.9 Å². The van der Waals surface area contributed by atoms with Gasteiger partial charge < -0.3 is 39.4 Å². The zero-order valence-corrected chi connectivity index (χ0v) is 18.6. The summed E-state index contributed by atoms with van der Waals surface area (Å²) in [5.41, 5.74) is -3.25. The first kappa shape index (κ1) is 27.0. The van der Waals surface area contributed by atoms with E-state index in [1.165, 1.54) is 0 Å². The molecule has 2 rings (SSSR count). The summed E-state index contributed by atoms with van der Waals surface area (Å²) in [4.78, 5) is 45.1. The number of carbonyl (C=O) groups excluding carboxylic acids is 2. The van der Waals surface area contributed by atoms with Crippen LogP contribution in [0.4, 0.5) is 0 Å². The topological polar surface area (TPSA) is 186 Å². The highest BCUT2D eigenvalue weighted by atomic mass is 16.6. The van der Waals surface area contributed by atoms with Crippen LogP contribution < -0.4 is 0 Å². The average Bonchev–Trinajstić information content (AvgIpc) is 2.61. The van der Waals surface area contributed by atoms with Crippen LogP contribution in [0.2, 0.25) is 0 Å². The van der Waals surface area contributed by atoms with Crippen LogP contribution in [0, 0.1) is 0 Å². The van der Waals surface area contributed by atoms with Crippen molar-refractivity contribution in [3.05, 3.63) is 0 Å². The first-order valence-corrected chi connectivity index (χ1v) is 10.8. The molecule has 2 aliphatic rings. The van der Waals surface area contributed by atoms with E-state index in [0.717, 1.165) is 0 Å². The minimum absolute atomic E-state index is 0.0214. The van der Waals surface area contributed by atoms with E-state index in [-0.39, 0.29) is 58.0 Å². The minimum Gasteiger partial charge on any atom is -0.481 e. The quantitative estimate of drug-likeness (QED) is 0.206. The van der Waals surface area contributed by atoms with Crippen molar-refractivity contribution in [3.8, 4) is 0 Å². The second-order valence-electron chi connectivity index (χ2n) is 8.91. The Morgan fingerprint density at radius 3 is 1.85 bits per heavy atom. The Morgan fingerprint density at radius 2 is 1.39 bits per heavy atom. The van der Waals surface area contributed by atoms with Crippen molar-refractivity contribution in [3.63, 3.8) is 0 Å². The monoisotopic (exact) mass is 476 g/mol. The molecule has 0 amide bonds. The highest BCUT2D eigenvalue weighted by Gasteiger charge is 2.42. The van der Waals surface area contributed by atoms with Gasteiger partial charge in [0, 0.05) is 25.7 Å². The molecule has 0 spiro atoms. The summed E-state index contributed by atoms with van der Waals surface area (Å²) in [5.74, 6) is -3.68. The van der Waals surface area contributed by atoms with Gasteiger partial charge in [-0.1, -0.05) is 0 Å². The molecule has 188 valence electrons. The number of ether oxygens (including phenoxy) is 4. The number of hydrogen-bond acceptors (Lipinski definition) is 10. The lowest BCUT2D eigenvalue weighted by Gasteiger charge is -2.35. The van der Waals surface area contributed by atoms with Gasteiger partial charge in [0.2, 0.25) is 0 Å². The van der Waals surface area contributed by atoms with Crippen LogP contribution >= 0.6 is 0 Å². The summed E-state index contributed by atoms with van der Waals surface area (Å²) in [7, 11) is 0. The Bertz CT molecular complexity index is 716. The van der Waals surface area contributed by atoms with Crippen molar-refractivity contribution < 1.29 is 58.6 Å². The van der Waals surface area contributed by atoms with Crippen molar-refractivity contribution in [1.29, 1.82) is 0 Å². The van der Waals surface area contributed by atoms with Crippen LogP contribution in [0.3, 0.4) is 0 Å². The molecule has 0 aromatic carbocycles. The minimum atomic E-state index is -1.63. The zero-order valence-electron chi connectivity index (χ0n) is 18.6. The van der Waals surface area contributed by atoms with Crippen molar-refractivity contribution in [2.24, 2.45) is 0 Å². The molecule has 33 heavy (non-hydrogen) atoms. The van der Waals surface area contributed by atoms with Crippen LogP contribution in [0.25, 0.3) is 0 Å². The molecule has 0 aromatic rings. The number of carboxylic acids is 2. The van der Waals surface area contributed by atoms with E-state index in [4.69, 9.17) is 29.2 Å². The summed E-state index contributed by atoms with van der Waals surface area (Å²) in [6, 6.07) is 0. The number of hydrogen-bond donors (Lipinski definition) is 4. The Morgan fingerprint density at radius 1 is 0.939 bits per heavy atom. The number of rotatable bonds is 13. The number of carboxylic acid groups (broad SMARTS) is 2. The molecule has 0 radical (unpaired) electrons. The second-order valence-corrected chi connectivity index (χ2v) is 8.91. The van der Waals surface area contributed by atoms with Gasteiger partial charge in [-0.05, 0) is 6.92 Å². The fraction of sp³-hybridized carbons (Fsp3) is 0.810. The highest BCUT2D eigenvalue weighted by molar-refractivity contribution is 5.75. The predicted octanol–water partition coefficient (Wildman–Crippen LogP) is 0.0111. The smallest absolute Gasteiger partial charge is 0.309 e. The number of esters is 2. The maximum atomic E-state index is 11.7. The molecule has 5 atom stereocenters. The van der Waals surface area contributed by atoms with Gasteiger partial charge in [-0.15, -0.1) is 0 Å². The van der Waals surface area contributed by atoms with Crippen LogP contribution in [0.5, 0.6) is 0 Å². The van der Waals surface area contributed by atoms with Gasteiger partial charge in [-0.25, -0.2) is 0 Å². The van der Waals surface area contributed by atoms with E-state index >= 15 is 0 Å². The normalized spacial score (nSPS) is 30.9.